The molecule has 47 heavy (non-hydrogen) atoms. The van der Waals surface area contributed by atoms with Gasteiger partial charge in [0.05, 0.1) is 11.0 Å². The molecular formula is C46H35N. The van der Waals surface area contributed by atoms with Crippen molar-refractivity contribution in [3.63, 3.8) is 0 Å². The quantitative estimate of drug-likeness (QED) is 0.178. The molecule has 7 aromatic rings. The van der Waals surface area contributed by atoms with E-state index in [2.05, 4.69) is 144 Å². The Labute approximate surface area is 275 Å². The fraction of sp³-hybridized carbons (Fsp3) is 0.130. The number of rotatable bonds is 3. The normalized spacial score (nSPS) is 16.3. The van der Waals surface area contributed by atoms with Gasteiger partial charge in [-0.3, -0.25) is 0 Å². The van der Waals surface area contributed by atoms with E-state index in [-0.39, 0.29) is 0 Å². The first-order valence-corrected chi connectivity index (χ1v) is 17.2. The van der Waals surface area contributed by atoms with Crippen LogP contribution < -0.4 is 0 Å². The first-order chi connectivity index (χ1) is 23.3. The van der Waals surface area contributed by atoms with Crippen LogP contribution in [-0.2, 0) is 0 Å². The molecule has 10 rings (SSSR count). The third-order valence-electron chi connectivity index (χ3n) is 10.9. The predicted octanol–water partition coefficient (Wildman–Crippen LogP) is 12.7. The Balaban J connectivity index is 1.15. The summed E-state index contributed by atoms with van der Waals surface area (Å²) in [4.78, 5) is 0. The van der Waals surface area contributed by atoms with Crippen molar-refractivity contribution < 1.29 is 0 Å². The molecule has 0 aliphatic heterocycles. The lowest BCUT2D eigenvalue weighted by atomic mass is 9.74. The van der Waals surface area contributed by atoms with Gasteiger partial charge in [-0.1, -0.05) is 115 Å². The molecule has 1 heterocycles. The SMILES string of the molecule is C1=CC2=C(CC1)C1=C(C=C(c3c4ccccc4c(-c4ccc(-n5c6ccccc6c6ccccc65)cc4)c4ccccc34)CC1)CC2. The minimum Gasteiger partial charge on any atom is -0.309 e. The molecule has 0 radical (unpaired) electrons. The molecule has 0 unspecified atom stereocenters. The van der Waals surface area contributed by atoms with Crippen molar-refractivity contribution >= 4 is 48.9 Å². The number of allylic oxidation sites excluding steroid dienone is 8. The van der Waals surface area contributed by atoms with Crippen LogP contribution >= 0.6 is 0 Å². The largest absolute Gasteiger partial charge is 0.309 e. The van der Waals surface area contributed by atoms with E-state index in [1.54, 1.807) is 22.3 Å². The number of nitrogens with zero attached hydrogens (tertiary/aromatic N) is 1. The molecule has 6 aromatic carbocycles. The average Bonchev–Trinajstić information content (AvgIpc) is 3.48. The van der Waals surface area contributed by atoms with Gasteiger partial charge in [-0.15, -0.1) is 0 Å². The second kappa shape index (κ2) is 10.6. The molecule has 0 N–H and O–H groups in total. The van der Waals surface area contributed by atoms with Crippen LogP contribution in [0.15, 0.2) is 162 Å². The van der Waals surface area contributed by atoms with E-state index in [1.165, 1.54) is 90.6 Å². The van der Waals surface area contributed by atoms with Crippen molar-refractivity contribution in [1.29, 1.82) is 0 Å². The lowest BCUT2D eigenvalue weighted by molar-refractivity contribution is 0.795. The van der Waals surface area contributed by atoms with Gasteiger partial charge in [0.1, 0.15) is 0 Å². The zero-order chi connectivity index (χ0) is 30.9. The van der Waals surface area contributed by atoms with Crippen LogP contribution in [-0.4, -0.2) is 4.57 Å². The molecule has 0 amide bonds. The summed E-state index contributed by atoms with van der Waals surface area (Å²) in [5.74, 6) is 0. The van der Waals surface area contributed by atoms with Gasteiger partial charge in [0.2, 0.25) is 0 Å². The highest BCUT2D eigenvalue weighted by molar-refractivity contribution is 6.19. The zero-order valence-corrected chi connectivity index (χ0v) is 26.5. The minimum atomic E-state index is 1.10. The summed E-state index contributed by atoms with van der Waals surface area (Å²) in [5, 5.41) is 7.97. The first-order valence-electron chi connectivity index (χ1n) is 17.2. The maximum atomic E-state index is 2.58. The summed E-state index contributed by atoms with van der Waals surface area (Å²) < 4.78 is 2.40. The van der Waals surface area contributed by atoms with E-state index in [4.69, 9.17) is 0 Å². The third kappa shape index (κ3) is 4.09. The number of aromatic nitrogens is 1. The minimum absolute atomic E-state index is 1.10. The Hall–Kier alpha value is -5.40. The Morgan fingerprint density at radius 3 is 1.60 bits per heavy atom. The molecular weight excluding hydrogens is 567 g/mol. The summed E-state index contributed by atoms with van der Waals surface area (Å²) >= 11 is 0. The molecule has 1 heteroatoms. The highest BCUT2D eigenvalue weighted by Gasteiger charge is 2.26. The Bertz CT molecular complexity index is 2430. The monoisotopic (exact) mass is 601 g/mol. The molecule has 224 valence electrons. The summed E-state index contributed by atoms with van der Waals surface area (Å²) in [6.07, 6.45) is 14.3. The van der Waals surface area contributed by atoms with Gasteiger partial charge >= 0.3 is 0 Å². The van der Waals surface area contributed by atoms with Crippen molar-refractivity contribution in [3.05, 3.63) is 167 Å². The van der Waals surface area contributed by atoms with Crippen LogP contribution in [0.1, 0.15) is 44.1 Å². The smallest absolute Gasteiger partial charge is 0.0541 e. The van der Waals surface area contributed by atoms with Crippen LogP contribution in [0.4, 0.5) is 0 Å². The summed E-state index contributed by atoms with van der Waals surface area (Å²) in [5.41, 5.74) is 15.7. The van der Waals surface area contributed by atoms with Crippen molar-refractivity contribution in [2.75, 3.05) is 0 Å². The Morgan fingerprint density at radius 1 is 0.426 bits per heavy atom. The summed E-state index contributed by atoms with van der Waals surface area (Å²) in [6, 6.07) is 45.0. The maximum absolute atomic E-state index is 2.58. The van der Waals surface area contributed by atoms with Crippen LogP contribution in [0, 0.1) is 0 Å². The molecule has 0 saturated heterocycles. The lowest BCUT2D eigenvalue weighted by Gasteiger charge is -2.30. The second-order valence-corrected chi connectivity index (χ2v) is 13.4. The number of fused-ring (bicyclic) bond motifs is 6. The second-order valence-electron chi connectivity index (χ2n) is 13.4. The van der Waals surface area contributed by atoms with Crippen molar-refractivity contribution in [3.8, 4) is 16.8 Å². The van der Waals surface area contributed by atoms with E-state index < -0.39 is 0 Å². The van der Waals surface area contributed by atoms with Gasteiger partial charge in [-0.25, -0.2) is 0 Å². The van der Waals surface area contributed by atoms with E-state index in [0.717, 1.165) is 19.3 Å². The van der Waals surface area contributed by atoms with E-state index in [1.807, 2.05) is 0 Å². The molecule has 0 spiro atoms. The molecule has 0 bridgehead atoms. The van der Waals surface area contributed by atoms with E-state index in [9.17, 15) is 0 Å². The molecule has 3 aliphatic carbocycles. The van der Waals surface area contributed by atoms with Crippen LogP contribution in [0.2, 0.25) is 0 Å². The zero-order valence-electron chi connectivity index (χ0n) is 26.5. The Morgan fingerprint density at radius 2 is 0.957 bits per heavy atom. The van der Waals surface area contributed by atoms with Crippen LogP contribution in [0.25, 0.3) is 65.7 Å². The Kier molecular flexibility index (Phi) is 6.02. The van der Waals surface area contributed by atoms with Gasteiger partial charge in [0.15, 0.2) is 0 Å². The number of para-hydroxylation sites is 2. The van der Waals surface area contributed by atoms with E-state index in [0.29, 0.717) is 0 Å². The fourth-order valence-electron chi connectivity index (χ4n) is 8.88. The van der Waals surface area contributed by atoms with Crippen molar-refractivity contribution in [2.45, 2.75) is 38.5 Å². The van der Waals surface area contributed by atoms with Crippen molar-refractivity contribution in [1.82, 2.24) is 4.57 Å². The predicted molar refractivity (Wildman–Crippen MR) is 200 cm³/mol. The summed E-state index contributed by atoms with van der Waals surface area (Å²) in [7, 11) is 0. The fourth-order valence-corrected chi connectivity index (χ4v) is 8.88. The van der Waals surface area contributed by atoms with Crippen molar-refractivity contribution in [2.24, 2.45) is 0 Å². The highest BCUT2D eigenvalue weighted by atomic mass is 15.0. The van der Waals surface area contributed by atoms with E-state index >= 15 is 0 Å². The molecule has 1 nitrogen and oxygen atoms in total. The molecule has 1 aromatic heterocycles. The topological polar surface area (TPSA) is 4.93 Å². The number of benzene rings is 6. The van der Waals surface area contributed by atoms with Crippen LogP contribution in [0.5, 0.6) is 0 Å². The highest BCUT2D eigenvalue weighted by Crippen LogP contribution is 2.48. The number of hydrogen-bond acceptors (Lipinski definition) is 0. The van der Waals surface area contributed by atoms with Crippen LogP contribution in [0.3, 0.4) is 0 Å². The molecule has 3 aliphatic rings. The van der Waals surface area contributed by atoms with Gasteiger partial charge < -0.3 is 4.57 Å². The summed E-state index contributed by atoms with van der Waals surface area (Å²) in [6.45, 7) is 0. The third-order valence-corrected chi connectivity index (χ3v) is 10.9. The van der Waals surface area contributed by atoms with Gasteiger partial charge in [0.25, 0.3) is 0 Å². The first kappa shape index (κ1) is 26.8. The van der Waals surface area contributed by atoms with Gasteiger partial charge in [-0.05, 0) is 129 Å². The standard InChI is InChI=1S/C46H35N/c1-2-12-35-30(11-1)21-22-32-29-33(25-28-36(32)35)46-41-17-5-3-15-39(41)45(40-16-4-6-18-42(40)46)31-23-26-34(27-24-31)47-43-19-9-7-13-37(43)38-14-8-10-20-44(38)47/h1,3-11,13-20,23-24,26-27,29H,2,12,21-22,25,28H2. The molecule has 0 fully saturated rings. The molecule has 0 saturated carbocycles. The number of hydrogen-bond donors (Lipinski definition) is 0. The van der Waals surface area contributed by atoms with Gasteiger partial charge in [-0.2, -0.15) is 0 Å². The average molecular weight is 602 g/mol. The molecule has 0 atom stereocenters. The maximum Gasteiger partial charge on any atom is 0.0541 e. The van der Waals surface area contributed by atoms with Gasteiger partial charge in [0, 0.05) is 16.5 Å². The lowest BCUT2D eigenvalue weighted by Crippen LogP contribution is -2.10.